The van der Waals surface area contributed by atoms with Gasteiger partial charge in [0, 0.05) is 11.0 Å². The number of rotatable bonds is 6. The Hall–Kier alpha value is -1.27. The molecule has 0 amide bonds. The zero-order valence-corrected chi connectivity index (χ0v) is 10.9. The van der Waals surface area contributed by atoms with Gasteiger partial charge in [0.1, 0.15) is 0 Å². The van der Waals surface area contributed by atoms with Crippen LogP contribution in [0.5, 0.6) is 0 Å². The zero-order chi connectivity index (χ0) is 12.5. The van der Waals surface area contributed by atoms with Crippen molar-refractivity contribution in [1.29, 1.82) is 0 Å². The average molecular weight is 247 g/mol. The van der Waals surface area contributed by atoms with Crippen molar-refractivity contribution in [1.82, 2.24) is 0 Å². The Kier molecular flexibility index (Phi) is 6.42. The summed E-state index contributed by atoms with van der Waals surface area (Å²) in [5.41, 5.74) is 1.43. The summed E-state index contributed by atoms with van der Waals surface area (Å²) >= 11 is 5.97. The normalized spacial score (nSPS) is 17.9. The molecule has 1 atom stereocenters. The monoisotopic (exact) mass is 246 g/mol. The molecule has 0 radical (unpaired) electrons. The topological polar surface area (TPSA) is 0 Å². The zero-order valence-electron chi connectivity index (χ0n) is 10.1. The van der Waals surface area contributed by atoms with Crippen LogP contribution in [0.4, 0.5) is 0 Å². The van der Waals surface area contributed by atoms with Crippen LogP contribution in [0.15, 0.2) is 72.4 Å². The van der Waals surface area contributed by atoms with E-state index < -0.39 is 0 Å². The van der Waals surface area contributed by atoms with E-state index in [0.717, 1.165) is 24.3 Å². The molecule has 0 nitrogen and oxygen atoms in total. The van der Waals surface area contributed by atoms with Gasteiger partial charge in [-0.2, -0.15) is 0 Å². The van der Waals surface area contributed by atoms with Crippen molar-refractivity contribution in [3.05, 3.63) is 72.4 Å². The van der Waals surface area contributed by atoms with Crippen molar-refractivity contribution in [2.45, 2.75) is 19.3 Å². The first-order valence-corrected chi connectivity index (χ1v) is 6.27. The number of halogens is 1. The second-order valence-corrected chi connectivity index (χ2v) is 4.48. The highest BCUT2D eigenvalue weighted by molar-refractivity contribution is 6.29. The Labute approximate surface area is 109 Å². The van der Waals surface area contributed by atoms with Gasteiger partial charge in [-0.25, -0.2) is 0 Å². The Morgan fingerprint density at radius 2 is 2.00 bits per heavy atom. The third-order valence-corrected chi connectivity index (χ3v) is 3.04. The highest BCUT2D eigenvalue weighted by Crippen LogP contribution is 2.29. The molecular formula is C16H19Cl. The van der Waals surface area contributed by atoms with Crippen molar-refractivity contribution in [3.8, 4) is 0 Å². The fourth-order valence-electron chi connectivity index (χ4n) is 1.81. The number of hydrogen-bond acceptors (Lipinski definition) is 0. The minimum atomic E-state index is 0.433. The largest absolute Gasteiger partial charge is 0.103 e. The van der Waals surface area contributed by atoms with Gasteiger partial charge in [-0.05, 0) is 25.3 Å². The molecule has 0 aromatic rings. The summed E-state index contributed by atoms with van der Waals surface area (Å²) < 4.78 is 0. The summed E-state index contributed by atoms with van der Waals surface area (Å²) in [6.45, 7) is 7.46. The first-order valence-electron chi connectivity index (χ1n) is 5.90. The van der Waals surface area contributed by atoms with Gasteiger partial charge in [-0.15, -0.1) is 6.58 Å². The van der Waals surface area contributed by atoms with Crippen LogP contribution in [0.25, 0.3) is 0 Å². The molecule has 90 valence electrons. The fourth-order valence-corrected chi connectivity index (χ4v) is 1.97. The lowest BCUT2D eigenvalue weighted by Gasteiger charge is -2.17. The van der Waals surface area contributed by atoms with Gasteiger partial charge < -0.3 is 0 Å². The third-order valence-electron chi connectivity index (χ3n) is 2.73. The van der Waals surface area contributed by atoms with E-state index in [1.165, 1.54) is 5.57 Å². The molecule has 0 N–H and O–H groups in total. The smallest absolute Gasteiger partial charge is 0.0184 e. The molecule has 1 aliphatic carbocycles. The number of allylic oxidation sites excluding steroid dienone is 10. The van der Waals surface area contributed by atoms with Crippen LogP contribution in [-0.4, -0.2) is 0 Å². The first-order chi connectivity index (χ1) is 8.27. The minimum Gasteiger partial charge on any atom is -0.103 e. The second-order valence-electron chi connectivity index (χ2n) is 3.99. The van der Waals surface area contributed by atoms with Gasteiger partial charge in [-0.1, -0.05) is 66.3 Å². The molecule has 17 heavy (non-hydrogen) atoms. The van der Waals surface area contributed by atoms with E-state index >= 15 is 0 Å². The molecular weight excluding hydrogens is 228 g/mol. The molecule has 0 saturated heterocycles. The van der Waals surface area contributed by atoms with Crippen LogP contribution < -0.4 is 0 Å². The molecule has 0 saturated carbocycles. The Morgan fingerprint density at radius 1 is 1.18 bits per heavy atom. The summed E-state index contributed by atoms with van der Waals surface area (Å²) in [6, 6.07) is 0. The molecule has 0 aliphatic heterocycles. The van der Waals surface area contributed by atoms with Crippen LogP contribution in [0.3, 0.4) is 0 Å². The summed E-state index contributed by atoms with van der Waals surface area (Å²) in [6.07, 6.45) is 19.0. The van der Waals surface area contributed by atoms with Gasteiger partial charge in [-0.3, -0.25) is 0 Å². The number of hydrogen-bond donors (Lipinski definition) is 0. The molecule has 0 heterocycles. The molecule has 0 bridgehead atoms. The SMILES string of the molecule is C=C/C=C\C=C\C(CC=C)C1=CC=C(Cl)CC1. The molecule has 0 fully saturated rings. The minimum absolute atomic E-state index is 0.433. The summed E-state index contributed by atoms with van der Waals surface area (Å²) in [5, 5.41) is 0.946. The summed E-state index contributed by atoms with van der Waals surface area (Å²) in [4.78, 5) is 0. The van der Waals surface area contributed by atoms with E-state index in [1.54, 1.807) is 6.08 Å². The van der Waals surface area contributed by atoms with Gasteiger partial charge in [0.2, 0.25) is 0 Å². The standard InChI is InChI=1S/C16H19Cl/c1-3-5-6-7-9-14(8-4-2)15-10-12-16(17)13-11-15/h3-7,9-10,12,14H,1-2,8,11,13H2/b6-5-,9-7+. The van der Waals surface area contributed by atoms with Gasteiger partial charge >= 0.3 is 0 Å². The molecule has 1 unspecified atom stereocenters. The lowest BCUT2D eigenvalue weighted by Crippen LogP contribution is -2.02. The highest BCUT2D eigenvalue weighted by Gasteiger charge is 2.12. The van der Waals surface area contributed by atoms with E-state index in [9.17, 15) is 0 Å². The lowest BCUT2D eigenvalue weighted by atomic mass is 9.89. The molecule has 1 rings (SSSR count). The lowest BCUT2D eigenvalue weighted by molar-refractivity contribution is 0.715. The Balaban J connectivity index is 2.71. The van der Waals surface area contributed by atoms with Gasteiger partial charge in [0.05, 0.1) is 0 Å². The molecule has 0 spiro atoms. The maximum atomic E-state index is 5.97. The average Bonchev–Trinajstić information content (AvgIpc) is 2.34. The predicted molar refractivity (Wildman–Crippen MR) is 78.0 cm³/mol. The van der Waals surface area contributed by atoms with Crippen molar-refractivity contribution in [2.24, 2.45) is 5.92 Å². The van der Waals surface area contributed by atoms with Crippen LogP contribution in [0, 0.1) is 5.92 Å². The Bertz CT molecular complexity index is 380. The van der Waals surface area contributed by atoms with E-state index in [0.29, 0.717) is 5.92 Å². The maximum Gasteiger partial charge on any atom is 0.0184 e. The van der Waals surface area contributed by atoms with E-state index in [2.05, 4.69) is 31.4 Å². The molecule has 0 aromatic carbocycles. The van der Waals surface area contributed by atoms with Crippen LogP contribution >= 0.6 is 11.6 Å². The highest BCUT2D eigenvalue weighted by atomic mass is 35.5. The van der Waals surface area contributed by atoms with Crippen LogP contribution in [-0.2, 0) is 0 Å². The van der Waals surface area contributed by atoms with Crippen LogP contribution in [0.2, 0.25) is 0 Å². The predicted octanol–water partition coefficient (Wildman–Crippen LogP) is 5.32. The second kappa shape index (κ2) is 7.92. The van der Waals surface area contributed by atoms with Crippen molar-refractivity contribution in [3.63, 3.8) is 0 Å². The molecule has 1 heteroatoms. The van der Waals surface area contributed by atoms with E-state index in [-0.39, 0.29) is 0 Å². The third kappa shape index (κ3) is 5.06. The van der Waals surface area contributed by atoms with Crippen molar-refractivity contribution in [2.75, 3.05) is 0 Å². The Morgan fingerprint density at radius 3 is 2.59 bits per heavy atom. The van der Waals surface area contributed by atoms with Crippen molar-refractivity contribution < 1.29 is 0 Å². The van der Waals surface area contributed by atoms with Crippen molar-refractivity contribution >= 4 is 11.6 Å². The summed E-state index contributed by atoms with van der Waals surface area (Å²) in [7, 11) is 0. The first kappa shape index (κ1) is 13.8. The molecule has 1 aliphatic rings. The van der Waals surface area contributed by atoms with Gasteiger partial charge in [0.15, 0.2) is 0 Å². The van der Waals surface area contributed by atoms with E-state index in [4.69, 9.17) is 11.6 Å². The summed E-state index contributed by atoms with van der Waals surface area (Å²) in [5.74, 6) is 0.433. The van der Waals surface area contributed by atoms with Crippen LogP contribution in [0.1, 0.15) is 19.3 Å². The maximum absolute atomic E-state index is 5.97. The molecule has 0 aromatic heterocycles. The quantitative estimate of drug-likeness (QED) is 0.440. The van der Waals surface area contributed by atoms with Gasteiger partial charge in [0.25, 0.3) is 0 Å². The fraction of sp³-hybridized carbons (Fsp3) is 0.250. The van der Waals surface area contributed by atoms with E-state index in [1.807, 2.05) is 24.3 Å².